The van der Waals surface area contributed by atoms with Gasteiger partial charge in [0.05, 0.1) is 0 Å². The normalized spacial score (nSPS) is 28.7. The standard InChI is InChI=1S/C19H26F2N2O2/c1-11-5-6-15(9-16(11)25-10-17(20)21)23-19(24)14-7-12-3-2-4-13(8-14)18(12)22/h5-6,9,12-14,17-18H,2-4,7-8,10,22H2,1H3,(H,23,24). The maximum atomic E-state index is 12.7. The Hall–Kier alpha value is -1.69. The van der Waals surface area contributed by atoms with Gasteiger partial charge in [0.25, 0.3) is 6.43 Å². The van der Waals surface area contributed by atoms with Gasteiger partial charge in [-0.15, -0.1) is 0 Å². The SMILES string of the molecule is Cc1ccc(NC(=O)C2CC3CCCC(C2)C3N)cc1OCC(F)F. The summed E-state index contributed by atoms with van der Waals surface area (Å²) in [5.74, 6) is 1.22. The number of ether oxygens (including phenoxy) is 1. The predicted molar refractivity (Wildman–Crippen MR) is 92.8 cm³/mol. The molecular formula is C19H26F2N2O2. The van der Waals surface area contributed by atoms with Crippen LogP contribution in [0, 0.1) is 24.7 Å². The van der Waals surface area contributed by atoms with Gasteiger partial charge < -0.3 is 15.8 Å². The summed E-state index contributed by atoms with van der Waals surface area (Å²) in [6.07, 6.45) is 2.58. The second kappa shape index (κ2) is 7.68. The molecule has 1 aromatic rings. The van der Waals surface area contributed by atoms with Crippen LogP contribution in [0.3, 0.4) is 0 Å². The van der Waals surface area contributed by atoms with E-state index in [0.29, 0.717) is 23.3 Å². The summed E-state index contributed by atoms with van der Waals surface area (Å²) >= 11 is 0. The van der Waals surface area contributed by atoms with Gasteiger partial charge in [-0.25, -0.2) is 8.78 Å². The van der Waals surface area contributed by atoms with Gasteiger partial charge in [-0.3, -0.25) is 4.79 Å². The summed E-state index contributed by atoms with van der Waals surface area (Å²) in [7, 11) is 0. The molecule has 2 aliphatic carbocycles. The summed E-state index contributed by atoms with van der Waals surface area (Å²) in [5, 5.41) is 2.92. The van der Waals surface area contributed by atoms with E-state index in [2.05, 4.69) is 5.32 Å². The van der Waals surface area contributed by atoms with Crippen LogP contribution >= 0.6 is 0 Å². The average molecular weight is 352 g/mol. The second-order valence-electron chi connectivity index (χ2n) is 7.37. The van der Waals surface area contributed by atoms with Crippen molar-refractivity contribution in [1.82, 2.24) is 0 Å². The molecule has 4 nitrogen and oxygen atoms in total. The molecule has 2 unspecified atom stereocenters. The summed E-state index contributed by atoms with van der Waals surface area (Å²) < 4.78 is 29.8. The van der Waals surface area contributed by atoms with Gasteiger partial charge in [-0.05, 0) is 56.1 Å². The molecule has 138 valence electrons. The Kier molecular flexibility index (Phi) is 5.57. The first kappa shape index (κ1) is 18.1. The van der Waals surface area contributed by atoms with Crippen molar-refractivity contribution in [2.24, 2.45) is 23.5 Å². The fraction of sp³-hybridized carbons (Fsp3) is 0.632. The van der Waals surface area contributed by atoms with E-state index in [1.165, 1.54) is 6.42 Å². The number of carbonyl (C=O) groups is 1. The molecule has 0 spiro atoms. The van der Waals surface area contributed by atoms with Gasteiger partial charge in [0, 0.05) is 23.7 Å². The number of benzene rings is 1. The zero-order valence-electron chi connectivity index (χ0n) is 14.5. The van der Waals surface area contributed by atoms with E-state index in [-0.39, 0.29) is 17.9 Å². The maximum Gasteiger partial charge on any atom is 0.272 e. The second-order valence-corrected chi connectivity index (χ2v) is 7.37. The molecule has 0 aromatic heterocycles. The number of anilines is 1. The first-order valence-corrected chi connectivity index (χ1v) is 9.02. The highest BCUT2D eigenvalue weighted by Gasteiger charge is 2.40. The summed E-state index contributed by atoms with van der Waals surface area (Å²) in [4.78, 5) is 12.7. The molecule has 0 radical (unpaired) electrons. The van der Waals surface area contributed by atoms with Gasteiger partial charge in [-0.1, -0.05) is 12.5 Å². The third-order valence-electron chi connectivity index (χ3n) is 5.60. The molecule has 3 rings (SSSR count). The van der Waals surface area contributed by atoms with Gasteiger partial charge in [0.2, 0.25) is 5.91 Å². The number of rotatable bonds is 5. The third-order valence-corrected chi connectivity index (χ3v) is 5.60. The monoisotopic (exact) mass is 352 g/mol. The summed E-state index contributed by atoms with van der Waals surface area (Å²) in [6, 6.07) is 5.39. The number of hydrogen-bond donors (Lipinski definition) is 2. The largest absolute Gasteiger partial charge is 0.487 e. The Morgan fingerprint density at radius 1 is 1.32 bits per heavy atom. The highest BCUT2D eigenvalue weighted by molar-refractivity contribution is 5.92. The van der Waals surface area contributed by atoms with Crippen LogP contribution in [-0.4, -0.2) is 25.0 Å². The lowest BCUT2D eigenvalue weighted by atomic mass is 9.65. The first-order chi connectivity index (χ1) is 11.9. The van der Waals surface area contributed by atoms with Crippen LogP contribution in [0.2, 0.25) is 0 Å². The van der Waals surface area contributed by atoms with Crippen LogP contribution in [0.15, 0.2) is 18.2 Å². The molecule has 1 amide bonds. The van der Waals surface area contributed by atoms with Crippen molar-refractivity contribution in [2.75, 3.05) is 11.9 Å². The number of carbonyl (C=O) groups excluding carboxylic acids is 1. The molecule has 25 heavy (non-hydrogen) atoms. The Morgan fingerprint density at radius 2 is 2.00 bits per heavy atom. The molecule has 2 aliphatic rings. The third kappa shape index (κ3) is 4.29. The molecule has 1 aromatic carbocycles. The molecule has 2 atom stereocenters. The van der Waals surface area contributed by atoms with Gasteiger partial charge in [0.1, 0.15) is 12.4 Å². The Morgan fingerprint density at radius 3 is 2.64 bits per heavy atom. The van der Waals surface area contributed by atoms with Gasteiger partial charge >= 0.3 is 0 Å². The molecule has 6 heteroatoms. The molecule has 0 heterocycles. The highest BCUT2D eigenvalue weighted by Crippen LogP contribution is 2.42. The zero-order chi connectivity index (χ0) is 18.0. The minimum atomic E-state index is -2.52. The molecule has 3 N–H and O–H groups in total. The van der Waals surface area contributed by atoms with Crippen LogP contribution in [0.4, 0.5) is 14.5 Å². The van der Waals surface area contributed by atoms with E-state index in [1.54, 1.807) is 25.1 Å². The highest BCUT2D eigenvalue weighted by atomic mass is 19.3. The number of nitrogens with one attached hydrogen (secondary N) is 1. The van der Waals surface area contributed by atoms with Crippen molar-refractivity contribution in [3.63, 3.8) is 0 Å². The van der Waals surface area contributed by atoms with Gasteiger partial charge in [-0.2, -0.15) is 0 Å². The van der Waals surface area contributed by atoms with E-state index in [1.807, 2.05) is 0 Å². The molecule has 2 bridgehead atoms. The van der Waals surface area contributed by atoms with Crippen molar-refractivity contribution in [3.8, 4) is 5.75 Å². The van der Waals surface area contributed by atoms with Gasteiger partial charge in [0.15, 0.2) is 0 Å². The van der Waals surface area contributed by atoms with E-state index in [9.17, 15) is 13.6 Å². The molecule has 2 fully saturated rings. The van der Waals surface area contributed by atoms with Crippen molar-refractivity contribution < 1.29 is 18.3 Å². The van der Waals surface area contributed by atoms with E-state index in [0.717, 1.165) is 31.2 Å². The van der Waals surface area contributed by atoms with Crippen LogP contribution in [-0.2, 0) is 4.79 Å². The quantitative estimate of drug-likeness (QED) is 0.849. The van der Waals surface area contributed by atoms with E-state index in [4.69, 9.17) is 10.5 Å². The lowest BCUT2D eigenvalue weighted by Gasteiger charge is -2.43. The zero-order valence-corrected chi connectivity index (χ0v) is 14.5. The molecule has 0 saturated heterocycles. The topological polar surface area (TPSA) is 64.4 Å². The van der Waals surface area contributed by atoms with Crippen molar-refractivity contribution >= 4 is 11.6 Å². The summed E-state index contributed by atoms with van der Waals surface area (Å²) in [5.41, 5.74) is 7.63. The van der Waals surface area contributed by atoms with Crippen molar-refractivity contribution in [3.05, 3.63) is 23.8 Å². The predicted octanol–water partition coefficient (Wildman–Crippen LogP) is 3.73. The van der Waals surface area contributed by atoms with Crippen LogP contribution in [0.1, 0.15) is 37.7 Å². The van der Waals surface area contributed by atoms with Crippen molar-refractivity contribution in [2.45, 2.75) is 51.5 Å². The summed E-state index contributed by atoms with van der Waals surface area (Å²) in [6.45, 7) is 1.14. The molecule has 2 saturated carbocycles. The minimum Gasteiger partial charge on any atom is -0.487 e. The number of hydrogen-bond acceptors (Lipinski definition) is 3. The Bertz CT molecular complexity index is 609. The number of halogens is 2. The van der Waals surface area contributed by atoms with Crippen molar-refractivity contribution in [1.29, 1.82) is 0 Å². The fourth-order valence-corrected chi connectivity index (χ4v) is 4.23. The smallest absolute Gasteiger partial charge is 0.272 e. The first-order valence-electron chi connectivity index (χ1n) is 9.02. The van der Waals surface area contributed by atoms with Crippen LogP contribution in [0.5, 0.6) is 5.75 Å². The molecule has 0 aliphatic heterocycles. The van der Waals surface area contributed by atoms with E-state index < -0.39 is 13.0 Å². The number of nitrogens with two attached hydrogens (primary N) is 1. The fourth-order valence-electron chi connectivity index (χ4n) is 4.23. The Labute approximate surface area is 147 Å². The average Bonchev–Trinajstić information content (AvgIpc) is 2.55. The number of fused-ring (bicyclic) bond motifs is 2. The van der Waals surface area contributed by atoms with Crippen LogP contribution < -0.4 is 15.8 Å². The number of aryl methyl sites for hydroxylation is 1. The maximum absolute atomic E-state index is 12.7. The minimum absolute atomic E-state index is 0.00698. The lowest BCUT2D eigenvalue weighted by Crippen LogP contribution is -2.48. The lowest BCUT2D eigenvalue weighted by molar-refractivity contribution is -0.122. The Balaban J connectivity index is 1.64. The number of alkyl halides is 2. The number of amides is 1. The van der Waals surface area contributed by atoms with E-state index >= 15 is 0 Å². The molecular weight excluding hydrogens is 326 g/mol. The van der Waals surface area contributed by atoms with Crippen LogP contribution in [0.25, 0.3) is 0 Å².